The Hall–Kier alpha value is -2.03. The van der Waals surface area contributed by atoms with Crippen molar-refractivity contribution in [1.29, 1.82) is 0 Å². The molecule has 2 heterocycles. The van der Waals surface area contributed by atoms with Crippen LogP contribution < -0.4 is 9.64 Å². The second kappa shape index (κ2) is 12.0. The van der Waals surface area contributed by atoms with Gasteiger partial charge in [-0.15, -0.1) is 0 Å². The van der Waals surface area contributed by atoms with Crippen LogP contribution in [0.1, 0.15) is 63.0 Å². The normalized spacial score (nSPS) is 19.4. The quantitative estimate of drug-likeness (QED) is 0.434. The van der Waals surface area contributed by atoms with Crippen LogP contribution in [0, 0.1) is 5.41 Å². The van der Waals surface area contributed by atoms with E-state index in [-0.39, 0.29) is 0 Å². The zero-order chi connectivity index (χ0) is 25.7. The van der Waals surface area contributed by atoms with Crippen molar-refractivity contribution in [3.63, 3.8) is 0 Å². The number of hydrogen-bond acceptors (Lipinski definition) is 7. The van der Waals surface area contributed by atoms with E-state index in [0.29, 0.717) is 31.4 Å². The van der Waals surface area contributed by atoms with Crippen LogP contribution in [0.15, 0.2) is 24.4 Å². The fourth-order valence-corrected chi connectivity index (χ4v) is 7.12. The first kappa shape index (κ1) is 27.0. The lowest BCUT2D eigenvalue weighted by atomic mass is 9.74. The number of anilines is 1. The lowest BCUT2D eigenvalue weighted by Gasteiger charge is -2.39. The molecule has 0 bridgehead atoms. The maximum Gasteiger partial charge on any atom is 0.309 e. The van der Waals surface area contributed by atoms with E-state index in [4.69, 9.17) is 4.74 Å². The fourth-order valence-electron chi connectivity index (χ4n) is 5.75. The van der Waals surface area contributed by atoms with Crippen molar-refractivity contribution >= 4 is 34.3 Å². The summed E-state index contributed by atoms with van der Waals surface area (Å²) >= 11 is 2.09. The summed E-state index contributed by atoms with van der Waals surface area (Å²) < 4.78 is 5.42. The largest absolute Gasteiger partial charge is 0.497 e. The lowest BCUT2D eigenvalue weighted by molar-refractivity contribution is -0.153. The van der Waals surface area contributed by atoms with Gasteiger partial charge in [0.25, 0.3) is 0 Å². The molecule has 2 N–H and O–H groups in total. The molecular formula is C28H41N3O4S. The number of ether oxygens (including phenoxy) is 1. The standard InChI is InChI=1S/C28H41N3O4S/c1-30(2)24-19-29-23-9-8-20(35-3)18-22(23)26(24)25(32)10-11-28(27(33)34)12-14-31(15-13-28)16-17-36-21-6-4-5-7-21/h8-9,18-19,21,25,32H,4-7,10-17H2,1-3H3,(H,33,34). The molecule has 2 aromatic rings. The molecule has 36 heavy (non-hydrogen) atoms. The number of hydrogen-bond donors (Lipinski definition) is 2. The number of rotatable bonds is 11. The molecule has 1 unspecified atom stereocenters. The predicted molar refractivity (Wildman–Crippen MR) is 147 cm³/mol. The van der Waals surface area contributed by atoms with E-state index in [9.17, 15) is 15.0 Å². The fraction of sp³-hybridized carbons (Fsp3) is 0.643. The third-order valence-corrected chi connectivity index (χ3v) is 9.50. The van der Waals surface area contributed by atoms with Gasteiger partial charge in [0.1, 0.15) is 5.75 Å². The number of aliphatic carboxylic acids is 1. The number of pyridine rings is 1. The zero-order valence-corrected chi connectivity index (χ0v) is 22.7. The summed E-state index contributed by atoms with van der Waals surface area (Å²) in [6.45, 7) is 2.66. The third kappa shape index (κ3) is 6.09. The second-order valence-corrected chi connectivity index (χ2v) is 12.0. The number of nitrogens with zero attached hydrogens (tertiary/aromatic N) is 3. The van der Waals surface area contributed by atoms with E-state index in [1.165, 1.54) is 25.7 Å². The van der Waals surface area contributed by atoms with E-state index < -0.39 is 17.5 Å². The summed E-state index contributed by atoms with van der Waals surface area (Å²) in [4.78, 5) is 21.4. The van der Waals surface area contributed by atoms with Crippen molar-refractivity contribution in [3.05, 3.63) is 30.0 Å². The van der Waals surface area contributed by atoms with Crippen LogP contribution in [0.3, 0.4) is 0 Å². The van der Waals surface area contributed by atoms with E-state index in [0.717, 1.165) is 52.8 Å². The first-order valence-electron chi connectivity index (χ1n) is 13.2. The summed E-state index contributed by atoms with van der Waals surface area (Å²) in [5, 5.41) is 23.3. The van der Waals surface area contributed by atoms with Gasteiger partial charge in [-0.25, -0.2) is 0 Å². The summed E-state index contributed by atoms with van der Waals surface area (Å²) in [6.07, 6.45) is 8.54. The first-order chi connectivity index (χ1) is 17.3. The van der Waals surface area contributed by atoms with E-state index in [1.807, 2.05) is 37.2 Å². The van der Waals surface area contributed by atoms with Crippen LogP contribution in [0.5, 0.6) is 5.75 Å². The molecule has 0 spiro atoms. The summed E-state index contributed by atoms with van der Waals surface area (Å²) in [5.74, 6) is 1.10. The summed E-state index contributed by atoms with van der Waals surface area (Å²) in [5.41, 5.74) is 1.62. The van der Waals surface area contributed by atoms with Crippen LogP contribution in [0.2, 0.25) is 0 Å². The molecule has 1 aliphatic carbocycles. The SMILES string of the molecule is COc1ccc2ncc(N(C)C)c(C(O)CCC3(C(=O)O)CCN(CCSC4CCCC4)CC3)c2c1. The number of benzene rings is 1. The Kier molecular flexibility index (Phi) is 9.01. The molecule has 1 aromatic carbocycles. The van der Waals surface area contributed by atoms with Crippen LogP contribution in [0.25, 0.3) is 10.9 Å². The summed E-state index contributed by atoms with van der Waals surface area (Å²) in [6, 6.07) is 5.66. The molecule has 2 fully saturated rings. The molecule has 1 saturated carbocycles. The maximum atomic E-state index is 12.5. The Morgan fingerprint density at radius 3 is 2.64 bits per heavy atom. The zero-order valence-electron chi connectivity index (χ0n) is 21.9. The highest BCUT2D eigenvalue weighted by molar-refractivity contribution is 7.99. The molecule has 1 aliphatic heterocycles. The lowest BCUT2D eigenvalue weighted by Crippen LogP contribution is -2.45. The third-order valence-electron chi connectivity index (χ3n) is 8.14. The number of aliphatic hydroxyl groups excluding tert-OH is 1. The molecule has 7 nitrogen and oxygen atoms in total. The van der Waals surface area contributed by atoms with Gasteiger partial charge in [-0.3, -0.25) is 9.78 Å². The number of carbonyl (C=O) groups is 1. The van der Waals surface area contributed by atoms with E-state index in [1.54, 1.807) is 13.3 Å². The van der Waals surface area contributed by atoms with Gasteiger partial charge in [0.05, 0.1) is 36.0 Å². The summed E-state index contributed by atoms with van der Waals surface area (Å²) in [7, 11) is 5.48. The van der Waals surface area contributed by atoms with Crippen LogP contribution in [-0.4, -0.2) is 77.9 Å². The number of thioether (sulfide) groups is 1. The highest BCUT2D eigenvalue weighted by Gasteiger charge is 2.41. The van der Waals surface area contributed by atoms with Crippen LogP contribution in [0.4, 0.5) is 5.69 Å². The Balaban J connectivity index is 1.42. The van der Waals surface area contributed by atoms with Crippen molar-refractivity contribution < 1.29 is 19.7 Å². The molecule has 1 aromatic heterocycles. The molecule has 0 radical (unpaired) electrons. The number of methoxy groups -OCH3 is 1. The number of likely N-dealkylation sites (tertiary alicyclic amines) is 1. The smallest absolute Gasteiger partial charge is 0.309 e. The molecule has 198 valence electrons. The average Bonchev–Trinajstić information content (AvgIpc) is 3.40. The van der Waals surface area contributed by atoms with Crippen molar-refractivity contribution in [2.24, 2.45) is 5.41 Å². The topological polar surface area (TPSA) is 86.1 Å². The number of piperidine rings is 1. The highest BCUT2D eigenvalue weighted by atomic mass is 32.2. The monoisotopic (exact) mass is 515 g/mol. The molecule has 1 atom stereocenters. The molecule has 0 amide bonds. The Bertz CT molecular complexity index is 1030. The van der Waals surface area contributed by atoms with Gasteiger partial charge >= 0.3 is 5.97 Å². The van der Waals surface area contributed by atoms with Crippen molar-refractivity contribution in [1.82, 2.24) is 9.88 Å². The van der Waals surface area contributed by atoms with E-state index >= 15 is 0 Å². The first-order valence-corrected chi connectivity index (χ1v) is 14.3. The number of fused-ring (bicyclic) bond motifs is 1. The molecule has 2 aliphatic rings. The average molecular weight is 516 g/mol. The Labute approximate surface area is 219 Å². The van der Waals surface area contributed by atoms with Gasteiger partial charge in [0, 0.05) is 42.6 Å². The van der Waals surface area contributed by atoms with Crippen LogP contribution in [-0.2, 0) is 4.79 Å². The van der Waals surface area contributed by atoms with E-state index in [2.05, 4.69) is 21.6 Å². The predicted octanol–water partition coefficient (Wildman–Crippen LogP) is 4.97. The minimum atomic E-state index is -0.794. The molecule has 8 heteroatoms. The second-order valence-electron chi connectivity index (χ2n) is 10.6. The minimum Gasteiger partial charge on any atom is -0.497 e. The molecule has 1 saturated heterocycles. The Morgan fingerprint density at radius 1 is 1.28 bits per heavy atom. The van der Waals surface area contributed by atoms with Gasteiger partial charge in [-0.1, -0.05) is 12.8 Å². The van der Waals surface area contributed by atoms with Gasteiger partial charge in [0.2, 0.25) is 0 Å². The van der Waals surface area contributed by atoms with Crippen molar-refractivity contribution in [3.8, 4) is 5.75 Å². The number of aliphatic hydroxyl groups is 1. The molecular weight excluding hydrogens is 474 g/mol. The van der Waals surface area contributed by atoms with Gasteiger partial charge in [-0.2, -0.15) is 11.8 Å². The van der Waals surface area contributed by atoms with Crippen LogP contribution >= 0.6 is 11.8 Å². The Morgan fingerprint density at radius 2 is 2.00 bits per heavy atom. The van der Waals surface area contributed by atoms with Gasteiger partial charge in [-0.05, 0) is 69.8 Å². The van der Waals surface area contributed by atoms with Crippen molar-refractivity contribution in [2.45, 2.75) is 62.7 Å². The maximum absolute atomic E-state index is 12.5. The number of aromatic nitrogens is 1. The number of carboxylic acids is 1. The highest BCUT2D eigenvalue weighted by Crippen LogP contribution is 2.41. The molecule has 4 rings (SSSR count). The van der Waals surface area contributed by atoms with Gasteiger partial charge in [0.15, 0.2) is 0 Å². The van der Waals surface area contributed by atoms with Crippen molar-refractivity contribution in [2.75, 3.05) is 51.5 Å². The van der Waals surface area contributed by atoms with Gasteiger partial charge < -0.3 is 24.7 Å². The number of carboxylic acid groups (broad SMARTS) is 1. The minimum absolute atomic E-state index is 0.390.